The standard InChI is InChI=1S/C21H27BrCl2N2O2/c1-4-26(5-2)11-10-25-13-17-18(22)8-9-20(27-3)21(17)28-14-15-6-7-16(23)12-19(15)24/h6-9,12,25H,4-5,10-11,13-14H2,1-3H3. The maximum atomic E-state index is 6.28. The molecule has 0 aliphatic carbocycles. The molecule has 2 aromatic carbocycles. The second kappa shape index (κ2) is 11.9. The van der Waals surface area contributed by atoms with Crippen molar-refractivity contribution in [2.75, 3.05) is 33.3 Å². The SMILES string of the molecule is CCN(CC)CCNCc1c(Br)ccc(OC)c1OCc1ccc(Cl)cc1Cl. The third kappa shape index (κ3) is 6.53. The van der Waals surface area contributed by atoms with Crippen molar-refractivity contribution in [1.82, 2.24) is 10.2 Å². The molecule has 0 atom stereocenters. The largest absolute Gasteiger partial charge is 0.493 e. The highest BCUT2D eigenvalue weighted by atomic mass is 79.9. The Labute approximate surface area is 186 Å². The molecule has 0 spiro atoms. The zero-order chi connectivity index (χ0) is 20.5. The van der Waals surface area contributed by atoms with Gasteiger partial charge in [0.15, 0.2) is 11.5 Å². The second-order valence-corrected chi connectivity index (χ2v) is 7.98. The van der Waals surface area contributed by atoms with Crippen LogP contribution < -0.4 is 14.8 Å². The van der Waals surface area contributed by atoms with E-state index in [2.05, 4.69) is 40.0 Å². The smallest absolute Gasteiger partial charge is 0.167 e. The van der Waals surface area contributed by atoms with Gasteiger partial charge in [0, 0.05) is 45.3 Å². The van der Waals surface area contributed by atoms with Crippen molar-refractivity contribution >= 4 is 39.1 Å². The number of nitrogens with one attached hydrogen (secondary N) is 1. The summed E-state index contributed by atoms with van der Waals surface area (Å²) < 4.78 is 12.6. The predicted octanol–water partition coefficient (Wildman–Crippen LogP) is 5.77. The number of nitrogens with zero attached hydrogens (tertiary/aromatic N) is 1. The lowest BCUT2D eigenvalue weighted by Gasteiger charge is -2.20. The second-order valence-electron chi connectivity index (χ2n) is 6.29. The summed E-state index contributed by atoms with van der Waals surface area (Å²) in [5.74, 6) is 1.40. The van der Waals surface area contributed by atoms with Crippen molar-refractivity contribution in [3.05, 3.63) is 56.0 Å². The van der Waals surface area contributed by atoms with Gasteiger partial charge in [-0.2, -0.15) is 0 Å². The first-order valence-electron chi connectivity index (χ1n) is 9.35. The molecule has 7 heteroatoms. The molecular formula is C21H27BrCl2N2O2. The van der Waals surface area contributed by atoms with Gasteiger partial charge in [0.1, 0.15) is 6.61 Å². The highest BCUT2D eigenvalue weighted by Gasteiger charge is 2.15. The van der Waals surface area contributed by atoms with E-state index in [1.807, 2.05) is 18.2 Å². The summed E-state index contributed by atoms with van der Waals surface area (Å²) in [4.78, 5) is 2.38. The maximum Gasteiger partial charge on any atom is 0.167 e. The first kappa shape index (κ1) is 23.3. The van der Waals surface area contributed by atoms with Crippen LogP contribution in [0, 0.1) is 0 Å². The Morgan fingerprint density at radius 2 is 1.86 bits per heavy atom. The fourth-order valence-electron chi connectivity index (χ4n) is 2.85. The van der Waals surface area contributed by atoms with Crippen LogP contribution >= 0.6 is 39.1 Å². The molecular weight excluding hydrogens is 463 g/mol. The molecule has 0 heterocycles. The van der Waals surface area contributed by atoms with Crippen LogP contribution in [0.5, 0.6) is 11.5 Å². The molecule has 0 fully saturated rings. The summed E-state index contributed by atoms with van der Waals surface area (Å²) in [6.07, 6.45) is 0. The van der Waals surface area contributed by atoms with Crippen LogP contribution in [0.4, 0.5) is 0 Å². The van der Waals surface area contributed by atoms with Gasteiger partial charge in [0.2, 0.25) is 0 Å². The Morgan fingerprint density at radius 3 is 2.50 bits per heavy atom. The van der Waals surface area contributed by atoms with Gasteiger partial charge < -0.3 is 19.7 Å². The lowest BCUT2D eigenvalue weighted by Crippen LogP contribution is -2.31. The Balaban J connectivity index is 2.11. The molecule has 0 saturated heterocycles. The quantitative estimate of drug-likeness (QED) is 0.406. The molecule has 28 heavy (non-hydrogen) atoms. The molecule has 1 N–H and O–H groups in total. The summed E-state index contributed by atoms with van der Waals surface area (Å²) in [5.41, 5.74) is 1.89. The fraction of sp³-hybridized carbons (Fsp3) is 0.429. The lowest BCUT2D eigenvalue weighted by molar-refractivity contribution is 0.279. The van der Waals surface area contributed by atoms with Gasteiger partial charge >= 0.3 is 0 Å². The third-order valence-electron chi connectivity index (χ3n) is 4.58. The summed E-state index contributed by atoms with van der Waals surface area (Å²) in [6, 6.07) is 9.26. The molecule has 0 radical (unpaired) electrons. The summed E-state index contributed by atoms with van der Waals surface area (Å²) in [5, 5.41) is 4.69. The number of methoxy groups -OCH3 is 1. The van der Waals surface area contributed by atoms with E-state index in [0.717, 1.165) is 41.8 Å². The first-order valence-corrected chi connectivity index (χ1v) is 10.9. The van der Waals surface area contributed by atoms with E-state index in [4.69, 9.17) is 32.7 Å². The Morgan fingerprint density at radius 1 is 1.11 bits per heavy atom. The van der Waals surface area contributed by atoms with E-state index in [-0.39, 0.29) is 0 Å². The van der Waals surface area contributed by atoms with Crippen molar-refractivity contribution in [2.24, 2.45) is 0 Å². The van der Waals surface area contributed by atoms with Gasteiger partial charge in [-0.25, -0.2) is 0 Å². The summed E-state index contributed by atoms with van der Waals surface area (Å²) >= 11 is 15.9. The number of benzene rings is 2. The van der Waals surface area contributed by atoms with Crippen molar-refractivity contribution < 1.29 is 9.47 Å². The van der Waals surface area contributed by atoms with Crippen LogP contribution in [-0.2, 0) is 13.2 Å². The zero-order valence-corrected chi connectivity index (χ0v) is 19.6. The van der Waals surface area contributed by atoms with Crippen LogP contribution in [-0.4, -0.2) is 38.2 Å². The van der Waals surface area contributed by atoms with Crippen molar-refractivity contribution in [3.63, 3.8) is 0 Å². The average molecular weight is 490 g/mol. The fourth-order valence-corrected chi connectivity index (χ4v) is 3.76. The van der Waals surface area contributed by atoms with Crippen LogP contribution in [0.2, 0.25) is 10.0 Å². The van der Waals surface area contributed by atoms with Gasteiger partial charge in [-0.05, 0) is 37.4 Å². The molecule has 0 aliphatic heterocycles. The molecule has 2 rings (SSSR count). The van der Waals surface area contributed by atoms with Gasteiger partial charge in [-0.15, -0.1) is 0 Å². The highest BCUT2D eigenvalue weighted by molar-refractivity contribution is 9.10. The van der Waals surface area contributed by atoms with Crippen molar-refractivity contribution in [2.45, 2.75) is 27.0 Å². The van der Waals surface area contributed by atoms with Crippen LogP contribution in [0.25, 0.3) is 0 Å². The minimum absolute atomic E-state index is 0.329. The Kier molecular flexibility index (Phi) is 9.89. The van der Waals surface area contributed by atoms with Gasteiger partial charge in [0.25, 0.3) is 0 Å². The summed E-state index contributed by atoms with van der Waals surface area (Å²) in [7, 11) is 1.64. The zero-order valence-electron chi connectivity index (χ0n) is 16.5. The topological polar surface area (TPSA) is 33.7 Å². The van der Waals surface area contributed by atoms with Crippen LogP contribution in [0.1, 0.15) is 25.0 Å². The number of rotatable bonds is 11. The average Bonchev–Trinajstić information content (AvgIpc) is 2.69. The van der Waals surface area contributed by atoms with Gasteiger partial charge in [0.05, 0.1) is 7.11 Å². The molecule has 0 aliphatic rings. The monoisotopic (exact) mass is 488 g/mol. The van der Waals surface area contributed by atoms with E-state index in [1.54, 1.807) is 19.2 Å². The molecule has 0 unspecified atom stereocenters. The van der Waals surface area contributed by atoms with E-state index in [9.17, 15) is 0 Å². The van der Waals surface area contributed by atoms with Gasteiger partial charge in [-0.1, -0.05) is 59.0 Å². The van der Waals surface area contributed by atoms with Crippen LogP contribution in [0.3, 0.4) is 0 Å². The third-order valence-corrected chi connectivity index (χ3v) is 5.91. The molecule has 0 bridgehead atoms. The maximum absolute atomic E-state index is 6.28. The van der Waals surface area contributed by atoms with E-state index < -0.39 is 0 Å². The Bertz CT molecular complexity index is 770. The van der Waals surface area contributed by atoms with Gasteiger partial charge in [-0.3, -0.25) is 0 Å². The van der Waals surface area contributed by atoms with E-state index >= 15 is 0 Å². The Hall–Kier alpha value is -0.980. The minimum atomic E-state index is 0.329. The number of ether oxygens (including phenoxy) is 2. The van der Waals surface area contributed by atoms with E-state index in [0.29, 0.717) is 34.7 Å². The molecule has 0 amide bonds. The highest BCUT2D eigenvalue weighted by Crippen LogP contribution is 2.37. The molecule has 0 saturated carbocycles. The predicted molar refractivity (Wildman–Crippen MR) is 121 cm³/mol. The minimum Gasteiger partial charge on any atom is -0.493 e. The molecule has 4 nitrogen and oxygen atoms in total. The molecule has 2 aromatic rings. The number of halogens is 3. The summed E-state index contributed by atoms with van der Waals surface area (Å²) in [6.45, 7) is 9.36. The molecule has 0 aromatic heterocycles. The lowest BCUT2D eigenvalue weighted by atomic mass is 10.1. The number of likely N-dealkylation sites (N-methyl/N-ethyl adjacent to an activating group) is 1. The molecule has 154 valence electrons. The van der Waals surface area contributed by atoms with Crippen molar-refractivity contribution in [3.8, 4) is 11.5 Å². The first-order chi connectivity index (χ1) is 13.5. The number of hydrogen-bond acceptors (Lipinski definition) is 4. The van der Waals surface area contributed by atoms with Crippen molar-refractivity contribution in [1.29, 1.82) is 0 Å². The number of hydrogen-bond donors (Lipinski definition) is 1. The normalized spacial score (nSPS) is 11.1. The van der Waals surface area contributed by atoms with E-state index in [1.165, 1.54) is 0 Å². The van der Waals surface area contributed by atoms with Crippen LogP contribution in [0.15, 0.2) is 34.8 Å².